The number of carbonyl (C=O) groups is 1. The number of sulfonamides is 1. The molecule has 0 aliphatic carbocycles. The minimum absolute atomic E-state index is 0.00734. The van der Waals surface area contributed by atoms with Crippen LogP contribution >= 0.6 is 0 Å². The molecule has 4 aromatic rings. The molecule has 2 N–H and O–H groups in total. The smallest absolute Gasteiger partial charge is 0.262 e. The van der Waals surface area contributed by atoms with E-state index in [1.54, 1.807) is 43.3 Å². The molecule has 1 aliphatic heterocycles. The molecular formula is C21H19N7O6S. The third-order valence-electron chi connectivity index (χ3n) is 4.87. The number of fused-ring (bicyclic) bond motifs is 1. The highest BCUT2D eigenvalue weighted by molar-refractivity contribution is 7.92. The van der Waals surface area contributed by atoms with Gasteiger partial charge in [0.05, 0.1) is 10.6 Å². The Morgan fingerprint density at radius 3 is 2.69 bits per heavy atom. The van der Waals surface area contributed by atoms with Gasteiger partial charge < -0.3 is 19.3 Å². The number of hydrogen-bond donors (Lipinski definition) is 2. The summed E-state index contributed by atoms with van der Waals surface area (Å²) in [6.07, 6.45) is 0. The highest BCUT2D eigenvalue weighted by Crippen LogP contribution is 2.33. The lowest BCUT2D eigenvalue weighted by Gasteiger charge is -2.19. The molecule has 0 atom stereocenters. The molecule has 0 radical (unpaired) electrons. The number of rotatable bonds is 7. The number of tetrazole rings is 1. The van der Waals surface area contributed by atoms with E-state index in [2.05, 4.69) is 30.6 Å². The van der Waals surface area contributed by atoms with E-state index in [-0.39, 0.29) is 28.8 Å². The van der Waals surface area contributed by atoms with Crippen molar-refractivity contribution in [3.05, 3.63) is 54.3 Å². The zero-order valence-corrected chi connectivity index (χ0v) is 19.2. The van der Waals surface area contributed by atoms with Crippen LogP contribution in [0.4, 0.5) is 11.5 Å². The summed E-state index contributed by atoms with van der Waals surface area (Å²) in [6.45, 7) is 2.21. The fraction of sp³-hybridized carbons (Fsp3) is 0.190. The Kier molecular flexibility index (Phi) is 5.78. The van der Waals surface area contributed by atoms with Gasteiger partial charge in [0.15, 0.2) is 17.3 Å². The number of anilines is 2. The van der Waals surface area contributed by atoms with Crippen molar-refractivity contribution >= 4 is 27.4 Å². The number of aromatic nitrogens is 5. The molecule has 0 saturated heterocycles. The van der Waals surface area contributed by atoms with Crippen LogP contribution in [0.3, 0.4) is 0 Å². The Hall–Kier alpha value is -4.46. The molecule has 3 heterocycles. The van der Waals surface area contributed by atoms with Crippen molar-refractivity contribution in [2.75, 3.05) is 23.3 Å². The van der Waals surface area contributed by atoms with Gasteiger partial charge in [0, 0.05) is 17.7 Å². The summed E-state index contributed by atoms with van der Waals surface area (Å²) in [6, 6.07) is 12.5. The minimum atomic E-state index is -3.97. The number of aryl methyl sites for hydroxylation is 1. The van der Waals surface area contributed by atoms with Crippen molar-refractivity contribution in [1.82, 2.24) is 25.4 Å². The van der Waals surface area contributed by atoms with Gasteiger partial charge in [0.1, 0.15) is 25.5 Å². The Morgan fingerprint density at radius 2 is 1.89 bits per heavy atom. The third-order valence-corrected chi connectivity index (χ3v) is 6.23. The van der Waals surface area contributed by atoms with Gasteiger partial charge in [0.2, 0.25) is 11.7 Å². The Labute approximate surface area is 199 Å². The molecule has 2 aromatic heterocycles. The molecule has 0 saturated carbocycles. The summed E-state index contributed by atoms with van der Waals surface area (Å²) >= 11 is 0. The van der Waals surface area contributed by atoms with E-state index in [0.29, 0.717) is 36.0 Å². The summed E-state index contributed by atoms with van der Waals surface area (Å²) in [5.41, 5.74) is 0.622. The molecular weight excluding hydrogens is 478 g/mol. The molecule has 0 spiro atoms. The summed E-state index contributed by atoms with van der Waals surface area (Å²) in [5.74, 6) is 1.36. The number of nitrogens with zero attached hydrogens (tertiary/aromatic N) is 5. The van der Waals surface area contributed by atoms with Crippen LogP contribution in [-0.2, 0) is 21.4 Å². The average molecular weight is 497 g/mol. The first-order valence-electron chi connectivity index (χ1n) is 10.4. The number of nitrogens with one attached hydrogen (secondary N) is 2. The predicted molar refractivity (Wildman–Crippen MR) is 121 cm³/mol. The lowest BCUT2D eigenvalue weighted by atomic mass is 10.2. The second-order valence-corrected chi connectivity index (χ2v) is 9.15. The number of para-hydroxylation sites is 1. The predicted octanol–water partition coefficient (Wildman–Crippen LogP) is 1.85. The molecule has 1 aliphatic rings. The van der Waals surface area contributed by atoms with Crippen LogP contribution < -0.4 is 19.5 Å². The third kappa shape index (κ3) is 4.91. The lowest BCUT2D eigenvalue weighted by molar-refractivity contribution is -0.117. The zero-order valence-electron chi connectivity index (χ0n) is 18.3. The van der Waals surface area contributed by atoms with Gasteiger partial charge in [-0.1, -0.05) is 17.3 Å². The van der Waals surface area contributed by atoms with E-state index in [1.807, 2.05) is 0 Å². The van der Waals surface area contributed by atoms with Crippen molar-refractivity contribution in [3.63, 3.8) is 0 Å². The van der Waals surface area contributed by atoms with Crippen molar-refractivity contribution < 1.29 is 27.2 Å². The first-order valence-corrected chi connectivity index (χ1v) is 11.9. The number of carbonyl (C=O) groups excluding carboxylic acids is 1. The maximum absolute atomic E-state index is 13.1. The van der Waals surface area contributed by atoms with Gasteiger partial charge in [-0.05, 0) is 36.4 Å². The molecule has 35 heavy (non-hydrogen) atoms. The second-order valence-electron chi connectivity index (χ2n) is 7.47. The molecule has 180 valence electrons. The van der Waals surface area contributed by atoms with Crippen molar-refractivity contribution in [2.24, 2.45) is 0 Å². The zero-order chi connectivity index (χ0) is 24.4. The maximum Gasteiger partial charge on any atom is 0.262 e. The summed E-state index contributed by atoms with van der Waals surface area (Å²) in [5, 5.41) is 18.3. The van der Waals surface area contributed by atoms with Gasteiger partial charge in [0.25, 0.3) is 10.0 Å². The normalized spacial score (nSPS) is 12.8. The average Bonchev–Trinajstić information content (AvgIpc) is 3.47. The fourth-order valence-electron chi connectivity index (χ4n) is 3.32. The number of hydrogen-bond acceptors (Lipinski definition) is 10. The Balaban J connectivity index is 1.34. The number of amides is 1. The van der Waals surface area contributed by atoms with Crippen molar-refractivity contribution in [3.8, 4) is 22.9 Å². The molecule has 0 unspecified atom stereocenters. The molecule has 0 bridgehead atoms. The van der Waals surface area contributed by atoms with Crippen molar-refractivity contribution in [1.29, 1.82) is 0 Å². The molecule has 1 amide bonds. The first kappa shape index (κ1) is 22.3. The van der Waals surface area contributed by atoms with Gasteiger partial charge in [-0.15, -0.1) is 10.2 Å². The van der Waals surface area contributed by atoms with Gasteiger partial charge in [-0.25, -0.2) is 8.42 Å². The van der Waals surface area contributed by atoms with Gasteiger partial charge in [-0.3, -0.25) is 9.52 Å². The molecule has 13 nitrogen and oxygen atoms in total. The fourth-order valence-corrected chi connectivity index (χ4v) is 4.41. The van der Waals surface area contributed by atoms with E-state index in [1.165, 1.54) is 12.1 Å². The van der Waals surface area contributed by atoms with E-state index >= 15 is 0 Å². The minimum Gasteiger partial charge on any atom is -0.486 e. The van der Waals surface area contributed by atoms with Gasteiger partial charge >= 0.3 is 0 Å². The van der Waals surface area contributed by atoms with E-state index < -0.39 is 15.9 Å². The SMILES string of the molecule is Cc1cc(NC(=O)Cn2nnc(-c3ccccc3NS(=O)(=O)c3ccc4c(c3)OCCO4)n2)no1. The van der Waals surface area contributed by atoms with Crippen LogP contribution in [-0.4, -0.2) is 52.9 Å². The lowest BCUT2D eigenvalue weighted by Crippen LogP contribution is -2.20. The van der Waals surface area contributed by atoms with E-state index in [4.69, 9.17) is 14.0 Å². The highest BCUT2D eigenvalue weighted by Gasteiger charge is 2.22. The standard InChI is InChI=1S/C21H19N7O6S/c1-13-10-19(25-34-13)22-20(29)12-28-24-21(23-27-28)15-4-2-3-5-16(15)26-35(30,31)14-6-7-17-18(11-14)33-9-8-32-17/h2-7,10-11,26H,8-9,12H2,1H3,(H,22,25,29). The highest BCUT2D eigenvalue weighted by atomic mass is 32.2. The van der Waals surface area contributed by atoms with Gasteiger partial charge in [-0.2, -0.15) is 4.80 Å². The molecule has 14 heteroatoms. The van der Waals surface area contributed by atoms with Crippen LogP contribution in [0.15, 0.2) is 57.9 Å². The van der Waals surface area contributed by atoms with Crippen LogP contribution in [0.1, 0.15) is 5.76 Å². The summed E-state index contributed by atoms with van der Waals surface area (Å²) in [7, 11) is -3.97. The van der Waals surface area contributed by atoms with E-state index in [0.717, 1.165) is 4.80 Å². The van der Waals surface area contributed by atoms with Crippen LogP contribution in [0.2, 0.25) is 0 Å². The summed E-state index contributed by atoms with van der Waals surface area (Å²) in [4.78, 5) is 13.3. The number of benzene rings is 2. The molecule has 2 aromatic carbocycles. The Morgan fingerprint density at radius 1 is 1.09 bits per heavy atom. The Bertz CT molecular complexity index is 1500. The number of ether oxygens (including phenoxy) is 2. The van der Waals surface area contributed by atoms with Crippen LogP contribution in [0.5, 0.6) is 11.5 Å². The first-order chi connectivity index (χ1) is 16.9. The topological polar surface area (TPSA) is 163 Å². The monoisotopic (exact) mass is 497 g/mol. The van der Waals surface area contributed by atoms with Crippen LogP contribution in [0, 0.1) is 6.92 Å². The van der Waals surface area contributed by atoms with Crippen LogP contribution in [0.25, 0.3) is 11.4 Å². The quantitative estimate of drug-likeness (QED) is 0.385. The second kappa shape index (κ2) is 9.06. The summed E-state index contributed by atoms with van der Waals surface area (Å²) < 4.78 is 44.5. The van der Waals surface area contributed by atoms with E-state index in [9.17, 15) is 13.2 Å². The molecule has 0 fully saturated rings. The van der Waals surface area contributed by atoms with Crippen molar-refractivity contribution in [2.45, 2.75) is 18.4 Å². The largest absolute Gasteiger partial charge is 0.486 e. The molecule has 5 rings (SSSR count). The maximum atomic E-state index is 13.1.